The first-order valence-corrected chi connectivity index (χ1v) is 7.10. The lowest BCUT2D eigenvalue weighted by atomic mass is 9.92. The number of rotatable bonds is 3. The number of carbonyl (C=O) groups is 2. The molecule has 0 aliphatic carbocycles. The molecule has 118 valence electrons. The molecule has 1 amide bonds. The van der Waals surface area contributed by atoms with E-state index in [4.69, 9.17) is 5.11 Å². The first-order valence-electron chi connectivity index (χ1n) is 7.10. The fraction of sp³-hybridized carbons (Fsp3) is 0.467. The van der Waals surface area contributed by atoms with Crippen molar-refractivity contribution in [2.45, 2.75) is 32.7 Å². The standard InChI is InChI=1S/C15H18N2O5/c1-9-7-12(17(21)22)5-6-13(9)14(18)16-8-11(15(19)20)4-3-10(16)2/h5-7,10-11H,3-4,8H2,1-2H3,(H,19,20). The Hall–Kier alpha value is -2.44. The number of carbonyl (C=O) groups excluding carboxylic acids is 1. The largest absolute Gasteiger partial charge is 0.481 e. The minimum atomic E-state index is -0.898. The molecular weight excluding hydrogens is 288 g/mol. The average Bonchev–Trinajstić information content (AvgIpc) is 2.46. The van der Waals surface area contributed by atoms with Crippen LogP contribution in [0.15, 0.2) is 18.2 Å². The van der Waals surface area contributed by atoms with Crippen LogP contribution in [0.4, 0.5) is 5.69 Å². The van der Waals surface area contributed by atoms with E-state index in [1.807, 2.05) is 6.92 Å². The molecule has 1 heterocycles. The van der Waals surface area contributed by atoms with Crippen LogP contribution in [0.25, 0.3) is 0 Å². The van der Waals surface area contributed by atoms with Crippen molar-refractivity contribution >= 4 is 17.6 Å². The van der Waals surface area contributed by atoms with Crippen molar-refractivity contribution in [1.82, 2.24) is 4.90 Å². The van der Waals surface area contributed by atoms with Crippen LogP contribution in [0.5, 0.6) is 0 Å². The highest BCUT2D eigenvalue weighted by molar-refractivity contribution is 5.96. The van der Waals surface area contributed by atoms with Crippen LogP contribution in [0.2, 0.25) is 0 Å². The summed E-state index contributed by atoms with van der Waals surface area (Å²) >= 11 is 0. The van der Waals surface area contributed by atoms with Gasteiger partial charge in [0, 0.05) is 30.3 Å². The SMILES string of the molecule is Cc1cc([N+](=O)[O-])ccc1C(=O)N1CC(C(=O)O)CCC1C. The highest BCUT2D eigenvalue weighted by atomic mass is 16.6. The highest BCUT2D eigenvalue weighted by Crippen LogP contribution is 2.26. The van der Waals surface area contributed by atoms with Gasteiger partial charge in [-0.05, 0) is 38.3 Å². The van der Waals surface area contributed by atoms with Gasteiger partial charge >= 0.3 is 5.97 Å². The van der Waals surface area contributed by atoms with Gasteiger partial charge in [-0.2, -0.15) is 0 Å². The number of carboxylic acid groups (broad SMARTS) is 1. The van der Waals surface area contributed by atoms with Gasteiger partial charge in [0.15, 0.2) is 0 Å². The Bertz CT molecular complexity index is 628. The van der Waals surface area contributed by atoms with Gasteiger partial charge in [0.2, 0.25) is 0 Å². The molecule has 22 heavy (non-hydrogen) atoms. The number of aryl methyl sites for hydroxylation is 1. The smallest absolute Gasteiger partial charge is 0.308 e. The zero-order valence-electron chi connectivity index (χ0n) is 12.5. The second kappa shape index (κ2) is 6.13. The number of hydrogen-bond donors (Lipinski definition) is 1. The van der Waals surface area contributed by atoms with E-state index in [0.717, 1.165) is 0 Å². The number of hydrogen-bond acceptors (Lipinski definition) is 4. The van der Waals surface area contributed by atoms with Crippen molar-refractivity contribution in [3.05, 3.63) is 39.4 Å². The maximum atomic E-state index is 12.6. The molecule has 0 aromatic heterocycles. The summed E-state index contributed by atoms with van der Waals surface area (Å²) in [5.74, 6) is -1.73. The van der Waals surface area contributed by atoms with Crippen molar-refractivity contribution in [2.24, 2.45) is 5.92 Å². The van der Waals surface area contributed by atoms with E-state index in [1.165, 1.54) is 18.2 Å². The summed E-state index contributed by atoms with van der Waals surface area (Å²) in [4.78, 5) is 35.6. The van der Waals surface area contributed by atoms with Crippen molar-refractivity contribution in [1.29, 1.82) is 0 Å². The van der Waals surface area contributed by atoms with Crippen LogP contribution in [-0.2, 0) is 4.79 Å². The second-order valence-electron chi connectivity index (χ2n) is 5.68. The van der Waals surface area contributed by atoms with Crippen molar-refractivity contribution in [3.8, 4) is 0 Å². The molecule has 1 N–H and O–H groups in total. The van der Waals surface area contributed by atoms with Gasteiger partial charge in [-0.15, -0.1) is 0 Å². The Morgan fingerprint density at radius 3 is 2.59 bits per heavy atom. The van der Waals surface area contributed by atoms with Gasteiger partial charge in [-0.25, -0.2) is 0 Å². The molecule has 1 aliphatic heterocycles. The lowest BCUT2D eigenvalue weighted by Crippen LogP contribution is -2.47. The Balaban J connectivity index is 2.26. The monoisotopic (exact) mass is 306 g/mol. The fourth-order valence-electron chi connectivity index (χ4n) is 2.75. The molecule has 2 unspecified atom stereocenters. The van der Waals surface area contributed by atoms with E-state index in [0.29, 0.717) is 24.0 Å². The van der Waals surface area contributed by atoms with Crippen LogP contribution in [0.3, 0.4) is 0 Å². The third-order valence-electron chi connectivity index (χ3n) is 4.14. The number of non-ortho nitro benzene ring substituents is 1. The summed E-state index contributed by atoms with van der Waals surface area (Å²) in [5, 5.41) is 19.9. The third-order valence-corrected chi connectivity index (χ3v) is 4.14. The highest BCUT2D eigenvalue weighted by Gasteiger charge is 2.33. The van der Waals surface area contributed by atoms with Gasteiger partial charge in [0.25, 0.3) is 11.6 Å². The fourth-order valence-corrected chi connectivity index (χ4v) is 2.75. The Labute approximate surface area is 127 Å². The number of nitro groups is 1. The van der Waals surface area contributed by atoms with E-state index in [1.54, 1.807) is 11.8 Å². The normalized spacial score (nSPS) is 21.5. The number of amides is 1. The van der Waals surface area contributed by atoms with E-state index in [2.05, 4.69) is 0 Å². The molecule has 0 bridgehead atoms. The number of aliphatic carboxylic acids is 1. The summed E-state index contributed by atoms with van der Waals surface area (Å²) in [6.07, 6.45) is 1.19. The summed E-state index contributed by atoms with van der Waals surface area (Å²) in [6.45, 7) is 3.70. The van der Waals surface area contributed by atoms with E-state index >= 15 is 0 Å². The first kappa shape index (κ1) is 15.9. The molecule has 1 saturated heterocycles. The van der Waals surface area contributed by atoms with Crippen LogP contribution in [-0.4, -0.2) is 39.4 Å². The molecule has 2 atom stereocenters. The van der Waals surface area contributed by atoms with Crippen LogP contribution in [0, 0.1) is 23.0 Å². The number of likely N-dealkylation sites (tertiary alicyclic amines) is 1. The van der Waals surface area contributed by atoms with Crippen molar-refractivity contribution in [3.63, 3.8) is 0 Å². The number of nitrogens with zero attached hydrogens (tertiary/aromatic N) is 2. The van der Waals surface area contributed by atoms with Gasteiger partial charge < -0.3 is 10.0 Å². The Kier molecular flexibility index (Phi) is 4.44. The number of piperidine rings is 1. The zero-order chi connectivity index (χ0) is 16.4. The van der Waals surface area contributed by atoms with Crippen LogP contribution in [0.1, 0.15) is 35.7 Å². The number of nitro benzene ring substituents is 1. The van der Waals surface area contributed by atoms with Gasteiger partial charge in [0.05, 0.1) is 10.8 Å². The Morgan fingerprint density at radius 2 is 2.05 bits per heavy atom. The molecule has 0 spiro atoms. The third kappa shape index (κ3) is 3.08. The maximum Gasteiger partial charge on any atom is 0.308 e. The maximum absolute atomic E-state index is 12.6. The van der Waals surface area contributed by atoms with Crippen molar-refractivity contribution < 1.29 is 19.6 Å². The molecule has 1 aliphatic rings. The number of benzene rings is 1. The van der Waals surface area contributed by atoms with Crippen LogP contribution >= 0.6 is 0 Å². The minimum Gasteiger partial charge on any atom is -0.481 e. The summed E-state index contributed by atoms with van der Waals surface area (Å²) in [5.41, 5.74) is 0.830. The first-order chi connectivity index (χ1) is 10.3. The molecule has 1 fully saturated rings. The molecular formula is C15H18N2O5. The van der Waals surface area contributed by atoms with Gasteiger partial charge in [0.1, 0.15) is 0 Å². The average molecular weight is 306 g/mol. The lowest BCUT2D eigenvalue weighted by molar-refractivity contribution is -0.384. The molecule has 1 aromatic rings. The molecule has 0 saturated carbocycles. The number of carboxylic acids is 1. The van der Waals surface area contributed by atoms with Crippen LogP contribution < -0.4 is 0 Å². The van der Waals surface area contributed by atoms with E-state index < -0.39 is 16.8 Å². The molecule has 2 rings (SSSR count). The lowest BCUT2D eigenvalue weighted by Gasteiger charge is -2.36. The summed E-state index contributed by atoms with van der Waals surface area (Å²) in [6, 6.07) is 4.05. The topological polar surface area (TPSA) is 101 Å². The van der Waals surface area contributed by atoms with Crippen molar-refractivity contribution in [2.75, 3.05) is 6.54 Å². The predicted octanol–water partition coefficient (Wildman–Crippen LogP) is 2.23. The molecule has 7 heteroatoms. The van der Waals surface area contributed by atoms with Gasteiger partial charge in [-0.3, -0.25) is 19.7 Å². The van der Waals surface area contributed by atoms with E-state index in [9.17, 15) is 19.7 Å². The minimum absolute atomic E-state index is 0.0438. The van der Waals surface area contributed by atoms with E-state index in [-0.39, 0.29) is 24.2 Å². The molecule has 7 nitrogen and oxygen atoms in total. The Morgan fingerprint density at radius 1 is 1.36 bits per heavy atom. The molecule has 0 radical (unpaired) electrons. The molecule has 1 aromatic carbocycles. The zero-order valence-corrected chi connectivity index (χ0v) is 12.5. The second-order valence-corrected chi connectivity index (χ2v) is 5.68. The summed E-state index contributed by atoms with van der Waals surface area (Å²) in [7, 11) is 0. The predicted molar refractivity (Wildman–Crippen MR) is 78.7 cm³/mol. The van der Waals surface area contributed by atoms with Gasteiger partial charge in [-0.1, -0.05) is 0 Å². The quantitative estimate of drug-likeness (QED) is 0.681. The summed E-state index contributed by atoms with van der Waals surface area (Å²) < 4.78 is 0.